The van der Waals surface area contributed by atoms with Crippen LogP contribution in [0.1, 0.15) is 16.8 Å². The Hall–Kier alpha value is -2.61. The van der Waals surface area contributed by atoms with Gasteiger partial charge in [-0.3, -0.25) is 14.4 Å². The van der Waals surface area contributed by atoms with Crippen LogP contribution in [0.2, 0.25) is 0 Å². The molecule has 0 bridgehead atoms. The van der Waals surface area contributed by atoms with E-state index in [1.165, 1.54) is 19.1 Å². The molecule has 1 aliphatic heterocycles. The van der Waals surface area contributed by atoms with E-state index in [9.17, 15) is 19.5 Å². The summed E-state index contributed by atoms with van der Waals surface area (Å²) in [5.41, 5.74) is -0.700. The number of carboxylic acids is 1. The predicted octanol–water partition coefficient (Wildman–Crippen LogP) is 0.375. The van der Waals surface area contributed by atoms with E-state index in [-0.39, 0.29) is 25.6 Å². The molecule has 0 spiro atoms. The Kier molecular flexibility index (Phi) is 5.97. The Morgan fingerprint density at radius 1 is 1.32 bits per heavy atom. The van der Waals surface area contributed by atoms with E-state index in [0.717, 1.165) is 0 Å². The minimum absolute atomic E-state index is 0.0439. The molecule has 1 unspecified atom stereocenters. The third-order valence-electron chi connectivity index (χ3n) is 4.31. The van der Waals surface area contributed by atoms with Gasteiger partial charge in [-0.1, -0.05) is 6.07 Å². The number of amides is 2. The summed E-state index contributed by atoms with van der Waals surface area (Å²) in [6.07, 6.45) is 0.325. The van der Waals surface area contributed by atoms with Gasteiger partial charge in [0.05, 0.1) is 20.3 Å². The summed E-state index contributed by atoms with van der Waals surface area (Å²) >= 11 is 0. The molecule has 25 heavy (non-hydrogen) atoms. The standard InChI is InChI=1S/C17H22N2O6/c1-24-11-17(16(22)23)6-7-19(10-17)14(20)9-18-15(21)12-4-3-5-13(8-12)25-2/h3-5,8H,6-7,9-11H2,1-2H3,(H,18,21)(H,22,23). The third-order valence-corrected chi connectivity index (χ3v) is 4.31. The van der Waals surface area contributed by atoms with Gasteiger partial charge in [0.1, 0.15) is 11.2 Å². The molecule has 1 aromatic carbocycles. The molecule has 8 nitrogen and oxygen atoms in total. The fourth-order valence-corrected chi connectivity index (χ4v) is 2.85. The highest BCUT2D eigenvalue weighted by Gasteiger charge is 2.46. The van der Waals surface area contributed by atoms with Gasteiger partial charge in [-0.2, -0.15) is 0 Å². The van der Waals surface area contributed by atoms with Crippen LogP contribution in [-0.4, -0.2) is 68.3 Å². The van der Waals surface area contributed by atoms with Crippen LogP contribution in [0.3, 0.4) is 0 Å². The van der Waals surface area contributed by atoms with Crippen molar-refractivity contribution in [1.82, 2.24) is 10.2 Å². The molecular weight excluding hydrogens is 328 g/mol. The Morgan fingerprint density at radius 3 is 2.72 bits per heavy atom. The zero-order chi connectivity index (χ0) is 18.4. The van der Waals surface area contributed by atoms with Crippen LogP contribution in [0.15, 0.2) is 24.3 Å². The van der Waals surface area contributed by atoms with E-state index in [2.05, 4.69) is 5.32 Å². The van der Waals surface area contributed by atoms with Crippen LogP contribution in [0.5, 0.6) is 5.75 Å². The lowest BCUT2D eigenvalue weighted by atomic mass is 9.88. The molecule has 1 atom stereocenters. The first-order valence-corrected chi connectivity index (χ1v) is 7.84. The summed E-state index contributed by atoms with van der Waals surface area (Å²) in [5.74, 6) is -1.15. The van der Waals surface area contributed by atoms with Gasteiger partial charge in [-0.25, -0.2) is 0 Å². The fourth-order valence-electron chi connectivity index (χ4n) is 2.85. The third kappa shape index (κ3) is 4.27. The molecule has 2 amide bonds. The van der Waals surface area contributed by atoms with Crippen molar-refractivity contribution in [3.63, 3.8) is 0 Å². The van der Waals surface area contributed by atoms with E-state index in [0.29, 0.717) is 24.3 Å². The molecule has 1 aromatic rings. The summed E-state index contributed by atoms with van der Waals surface area (Å²) in [6.45, 7) is 0.245. The van der Waals surface area contributed by atoms with Gasteiger partial charge in [0, 0.05) is 25.8 Å². The average Bonchev–Trinajstić information content (AvgIpc) is 3.05. The molecule has 0 radical (unpaired) electrons. The Bertz CT molecular complexity index is 662. The second-order valence-corrected chi connectivity index (χ2v) is 6.00. The maximum absolute atomic E-state index is 12.3. The highest BCUT2D eigenvalue weighted by atomic mass is 16.5. The minimum Gasteiger partial charge on any atom is -0.497 e. The number of likely N-dealkylation sites (tertiary alicyclic amines) is 1. The lowest BCUT2D eigenvalue weighted by Gasteiger charge is -2.23. The zero-order valence-corrected chi connectivity index (χ0v) is 14.3. The first-order valence-electron chi connectivity index (χ1n) is 7.84. The largest absolute Gasteiger partial charge is 0.497 e. The van der Waals surface area contributed by atoms with E-state index in [4.69, 9.17) is 9.47 Å². The van der Waals surface area contributed by atoms with Crippen molar-refractivity contribution >= 4 is 17.8 Å². The number of aliphatic carboxylic acids is 1. The molecule has 0 aromatic heterocycles. The van der Waals surface area contributed by atoms with E-state index < -0.39 is 17.3 Å². The van der Waals surface area contributed by atoms with Crippen molar-refractivity contribution in [1.29, 1.82) is 0 Å². The summed E-state index contributed by atoms with van der Waals surface area (Å²) in [5, 5.41) is 12.0. The summed E-state index contributed by atoms with van der Waals surface area (Å²) in [7, 11) is 2.94. The number of ether oxygens (including phenoxy) is 2. The zero-order valence-electron chi connectivity index (χ0n) is 14.3. The Labute approximate surface area is 145 Å². The number of benzene rings is 1. The second kappa shape index (κ2) is 7.98. The molecule has 2 N–H and O–H groups in total. The maximum Gasteiger partial charge on any atom is 0.313 e. The molecule has 1 aliphatic rings. The second-order valence-electron chi connectivity index (χ2n) is 6.00. The summed E-state index contributed by atoms with van der Waals surface area (Å²) in [4.78, 5) is 37.3. The number of carboxylic acid groups (broad SMARTS) is 1. The van der Waals surface area contributed by atoms with Crippen LogP contribution in [0, 0.1) is 5.41 Å². The normalized spacial score (nSPS) is 19.5. The highest BCUT2D eigenvalue weighted by molar-refractivity contribution is 5.96. The van der Waals surface area contributed by atoms with E-state index in [1.54, 1.807) is 24.3 Å². The first kappa shape index (κ1) is 18.7. The van der Waals surface area contributed by atoms with Gasteiger partial charge in [-0.15, -0.1) is 0 Å². The van der Waals surface area contributed by atoms with Crippen molar-refractivity contribution in [2.45, 2.75) is 6.42 Å². The first-order chi connectivity index (χ1) is 11.9. The molecule has 0 saturated carbocycles. The van der Waals surface area contributed by atoms with Gasteiger partial charge < -0.3 is 24.8 Å². The molecule has 8 heteroatoms. The summed E-state index contributed by atoms with van der Waals surface area (Å²) in [6, 6.07) is 6.59. The van der Waals surface area contributed by atoms with Gasteiger partial charge in [-0.05, 0) is 24.6 Å². The SMILES string of the molecule is COCC1(C(=O)O)CCN(C(=O)CNC(=O)c2cccc(OC)c2)C1. The highest BCUT2D eigenvalue weighted by Crippen LogP contribution is 2.31. The number of nitrogens with one attached hydrogen (secondary N) is 1. The van der Waals surface area contributed by atoms with Gasteiger partial charge in [0.15, 0.2) is 0 Å². The van der Waals surface area contributed by atoms with Crippen LogP contribution < -0.4 is 10.1 Å². The Morgan fingerprint density at radius 2 is 2.08 bits per heavy atom. The lowest BCUT2D eigenvalue weighted by molar-refractivity contribution is -0.151. The topological polar surface area (TPSA) is 105 Å². The molecule has 1 saturated heterocycles. The number of carbonyl (C=O) groups is 3. The van der Waals surface area contributed by atoms with Crippen LogP contribution in [0.25, 0.3) is 0 Å². The number of nitrogens with zero attached hydrogens (tertiary/aromatic N) is 1. The van der Waals surface area contributed by atoms with E-state index in [1.807, 2.05) is 0 Å². The molecule has 136 valence electrons. The quantitative estimate of drug-likeness (QED) is 0.736. The number of hydrogen-bond acceptors (Lipinski definition) is 5. The van der Waals surface area contributed by atoms with Crippen molar-refractivity contribution in [3.8, 4) is 5.75 Å². The number of methoxy groups -OCH3 is 2. The minimum atomic E-state index is -1.08. The van der Waals surface area contributed by atoms with E-state index >= 15 is 0 Å². The fraction of sp³-hybridized carbons (Fsp3) is 0.471. The van der Waals surface area contributed by atoms with Crippen LogP contribution in [-0.2, 0) is 14.3 Å². The van der Waals surface area contributed by atoms with Crippen molar-refractivity contribution in [2.24, 2.45) is 5.41 Å². The smallest absolute Gasteiger partial charge is 0.313 e. The summed E-state index contributed by atoms with van der Waals surface area (Å²) < 4.78 is 10.1. The van der Waals surface area contributed by atoms with Gasteiger partial charge >= 0.3 is 5.97 Å². The molecular formula is C17H22N2O6. The van der Waals surface area contributed by atoms with Crippen molar-refractivity contribution in [2.75, 3.05) is 40.5 Å². The number of rotatable bonds is 7. The average molecular weight is 350 g/mol. The predicted molar refractivity (Wildman–Crippen MR) is 88.5 cm³/mol. The molecule has 1 heterocycles. The molecule has 2 rings (SSSR count). The van der Waals surface area contributed by atoms with Crippen LogP contribution in [0.4, 0.5) is 0 Å². The number of hydrogen-bond donors (Lipinski definition) is 2. The molecule has 1 fully saturated rings. The van der Waals surface area contributed by atoms with Crippen molar-refractivity contribution < 1.29 is 29.0 Å². The van der Waals surface area contributed by atoms with Crippen LogP contribution >= 0.6 is 0 Å². The lowest BCUT2D eigenvalue weighted by Crippen LogP contribution is -2.43. The Balaban J connectivity index is 1.92. The van der Waals surface area contributed by atoms with Crippen molar-refractivity contribution in [3.05, 3.63) is 29.8 Å². The number of carbonyl (C=O) groups excluding carboxylic acids is 2. The monoisotopic (exact) mass is 350 g/mol. The van der Waals surface area contributed by atoms with Gasteiger partial charge in [0.25, 0.3) is 5.91 Å². The van der Waals surface area contributed by atoms with Gasteiger partial charge in [0.2, 0.25) is 5.91 Å². The maximum atomic E-state index is 12.3. The molecule has 0 aliphatic carbocycles.